The third-order valence-electron chi connectivity index (χ3n) is 4.56. The lowest BCUT2D eigenvalue weighted by molar-refractivity contribution is -0.192. The summed E-state index contributed by atoms with van der Waals surface area (Å²) in [6.07, 6.45) is -2.80. The second-order valence-corrected chi connectivity index (χ2v) is 6.89. The first-order chi connectivity index (χ1) is 13.6. The third kappa shape index (κ3) is 6.18. The van der Waals surface area contributed by atoms with Crippen LogP contribution in [0, 0.1) is 0 Å². The van der Waals surface area contributed by atoms with E-state index in [0.29, 0.717) is 17.8 Å². The molecule has 2 aromatic rings. The minimum atomic E-state index is -5.08. The van der Waals surface area contributed by atoms with Gasteiger partial charge in [-0.2, -0.15) is 18.2 Å². The minimum Gasteiger partial charge on any atom is -0.496 e. The van der Waals surface area contributed by atoms with Gasteiger partial charge in [-0.05, 0) is 45.4 Å². The fourth-order valence-corrected chi connectivity index (χ4v) is 3.02. The number of rotatable bonds is 4. The molecule has 1 atom stereocenters. The summed E-state index contributed by atoms with van der Waals surface area (Å²) in [7, 11) is 1.65. The molecule has 3 rings (SSSR count). The molecule has 0 radical (unpaired) electrons. The summed E-state index contributed by atoms with van der Waals surface area (Å²) in [5.74, 6) is -0.317. The molecule has 0 aliphatic carbocycles. The van der Waals surface area contributed by atoms with Gasteiger partial charge in [0.15, 0.2) is 0 Å². The van der Waals surface area contributed by atoms with E-state index < -0.39 is 12.1 Å². The van der Waals surface area contributed by atoms with Gasteiger partial charge in [-0.1, -0.05) is 17.3 Å². The van der Waals surface area contributed by atoms with Crippen molar-refractivity contribution < 1.29 is 32.3 Å². The van der Waals surface area contributed by atoms with Gasteiger partial charge in [0.05, 0.1) is 18.6 Å². The second kappa shape index (κ2) is 9.73. The molecule has 29 heavy (non-hydrogen) atoms. The quantitative estimate of drug-likeness (QED) is 0.808. The third-order valence-corrected chi connectivity index (χ3v) is 4.56. The molecular weight excluding hydrogens is 391 g/mol. The molecule has 7 nitrogen and oxygen atoms in total. The Bertz CT molecular complexity index is 808. The minimum absolute atomic E-state index is 0.326. The molecule has 1 saturated heterocycles. The largest absolute Gasteiger partial charge is 0.496 e. The number of alkyl halides is 3. The molecule has 1 unspecified atom stereocenters. The topological polar surface area (TPSA) is 88.7 Å². The predicted octanol–water partition coefficient (Wildman–Crippen LogP) is 3.97. The van der Waals surface area contributed by atoms with Crippen LogP contribution in [0.2, 0.25) is 0 Å². The Labute approximate surface area is 166 Å². The van der Waals surface area contributed by atoms with Crippen LogP contribution in [0.1, 0.15) is 38.5 Å². The van der Waals surface area contributed by atoms with E-state index in [4.69, 9.17) is 19.2 Å². The lowest BCUT2D eigenvalue weighted by Gasteiger charge is -2.33. The molecule has 1 aromatic heterocycles. The molecule has 0 amide bonds. The van der Waals surface area contributed by atoms with E-state index in [2.05, 4.69) is 28.9 Å². The Morgan fingerprint density at radius 1 is 1.34 bits per heavy atom. The molecule has 1 aliphatic heterocycles. The van der Waals surface area contributed by atoms with Crippen molar-refractivity contribution in [3.05, 3.63) is 30.2 Å². The van der Waals surface area contributed by atoms with Crippen LogP contribution in [0.3, 0.4) is 0 Å². The van der Waals surface area contributed by atoms with Crippen LogP contribution in [0.5, 0.6) is 5.75 Å². The van der Waals surface area contributed by atoms with Crippen LogP contribution >= 0.6 is 0 Å². The van der Waals surface area contributed by atoms with Gasteiger partial charge in [0, 0.05) is 12.6 Å². The maximum atomic E-state index is 10.6. The number of piperidine rings is 1. The Balaban J connectivity index is 0.000000370. The fourth-order valence-electron chi connectivity index (χ4n) is 3.02. The molecule has 1 aliphatic rings. The van der Waals surface area contributed by atoms with Crippen molar-refractivity contribution in [1.82, 2.24) is 15.0 Å². The molecule has 1 aromatic carbocycles. The Kier molecular flexibility index (Phi) is 7.60. The first kappa shape index (κ1) is 22.7. The summed E-state index contributed by atoms with van der Waals surface area (Å²) in [5.41, 5.74) is 0.872. The molecule has 10 heteroatoms. The summed E-state index contributed by atoms with van der Waals surface area (Å²) < 4.78 is 42.7. The monoisotopic (exact) mass is 415 g/mol. The van der Waals surface area contributed by atoms with Gasteiger partial charge in [0.1, 0.15) is 5.75 Å². The molecular formula is C19H24F3N3O4. The molecule has 2 heterocycles. The number of carboxylic acid groups (broad SMARTS) is 1. The lowest BCUT2D eigenvalue weighted by Crippen LogP contribution is -2.39. The van der Waals surface area contributed by atoms with Gasteiger partial charge < -0.3 is 19.3 Å². The summed E-state index contributed by atoms with van der Waals surface area (Å²) >= 11 is 0. The van der Waals surface area contributed by atoms with Crippen molar-refractivity contribution in [2.24, 2.45) is 0 Å². The summed E-state index contributed by atoms with van der Waals surface area (Å²) in [6, 6.07) is 8.31. The highest BCUT2D eigenvalue weighted by Gasteiger charge is 2.38. The number of hydrogen-bond donors (Lipinski definition) is 1. The Morgan fingerprint density at radius 2 is 2.00 bits per heavy atom. The molecule has 1 N–H and O–H groups in total. The zero-order chi connectivity index (χ0) is 21.6. The predicted molar refractivity (Wildman–Crippen MR) is 98.7 cm³/mol. The molecule has 160 valence electrons. The zero-order valence-corrected chi connectivity index (χ0v) is 16.4. The molecule has 0 saturated carbocycles. The number of carboxylic acids is 1. The van der Waals surface area contributed by atoms with Crippen molar-refractivity contribution in [2.75, 3.05) is 20.2 Å². The average molecular weight is 415 g/mol. The second-order valence-electron chi connectivity index (χ2n) is 6.89. The smallest absolute Gasteiger partial charge is 0.490 e. The number of hydrogen-bond acceptors (Lipinski definition) is 6. The van der Waals surface area contributed by atoms with Crippen molar-refractivity contribution in [3.63, 3.8) is 0 Å². The number of carbonyl (C=O) groups is 1. The highest BCUT2D eigenvalue weighted by molar-refractivity contribution is 5.73. The zero-order valence-electron chi connectivity index (χ0n) is 16.4. The maximum Gasteiger partial charge on any atom is 0.490 e. The average Bonchev–Trinajstić information content (AvgIpc) is 3.18. The number of ether oxygens (including phenoxy) is 1. The van der Waals surface area contributed by atoms with Gasteiger partial charge in [-0.15, -0.1) is 0 Å². The van der Waals surface area contributed by atoms with Crippen LogP contribution in [0.15, 0.2) is 28.8 Å². The molecule has 0 spiro atoms. The van der Waals surface area contributed by atoms with Gasteiger partial charge in [-0.25, -0.2) is 4.79 Å². The van der Waals surface area contributed by atoms with Crippen molar-refractivity contribution in [1.29, 1.82) is 0 Å². The molecule has 0 bridgehead atoms. The Morgan fingerprint density at radius 3 is 2.59 bits per heavy atom. The first-order valence-corrected chi connectivity index (χ1v) is 9.14. The van der Waals surface area contributed by atoms with E-state index in [-0.39, 0.29) is 0 Å². The van der Waals surface area contributed by atoms with E-state index >= 15 is 0 Å². The van der Waals surface area contributed by atoms with Gasteiger partial charge in [-0.3, -0.25) is 0 Å². The SMILES string of the molecule is COc1ccccc1-c1noc(C2CCCN(C(C)C)C2)n1.O=C(O)C(F)(F)F. The highest BCUT2D eigenvalue weighted by atomic mass is 19.4. The first-order valence-electron chi connectivity index (χ1n) is 9.14. The van der Waals surface area contributed by atoms with Crippen molar-refractivity contribution >= 4 is 5.97 Å². The van der Waals surface area contributed by atoms with Gasteiger partial charge in [0.25, 0.3) is 0 Å². The molecule has 1 fully saturated rings. The van der Waals surface area contributed by atoms with E-state index in [1.54, 1.807) is 7.11 Å². The van der Waals surface area contributed by atoms with Crippen LogP contribution in [-0.4, -0.2) is 58.5 Å². The number of para-hydroxylation sites is 1. The number of halogens is 3. The number of methoxy groups -OCH3 is 1. The highest BCUT2D eigenvalue weighted by Crippen LogP contribution is 2.31. The van der Waals surface area contributed by atoms with Gasteiger partial charge >= 0.3 is 12.1 Å². The van der Waals surface area contributed by atoms with E-state index in [1.807, 2.05) is 24.3 Å². The Hall–Kier alpha value is -2.62. The number of aliphatic carboxylic acids is 1. The maximum absolute atomic E-state index is 10.6. The van der Waals surface area contributed by atoms with E-state index in [9.17, 15) is 13.2 Å². The van der Waals surface area contributed by atoms with Crippen molar-refractivity contribution in [3.8, 4) is 17.1 Å². The van der Waals surface area contributed by atoms with E-state index in [0.717, 1.165) is 36.7 Å². The van der Waals surface area contributed by atoms with Gasteiger partial charge in [0.2, 0.25) is 11.7 Å². The standard InChI is InChI=1S/C17H23N3O2.C2HF3O2/c1-12(2)20-10-6-7-13(11-20)17-18-16(19-22-17)14-8-4-5-9-15(14)21-3;3-2(4,5)1(6)7/h4-5,8-9,12-13H,6-7,10-11H2,1-3H3;(H,6,7). The number of nitrogens with zero attached hydrogens (tertiary/aromatic N) is 3. The van der Waals surface area contributed by atoms with Crippen LogP contribution in [0.4, 0.5) is 13.2 Å². The summed E-state index contributed by atoms with van der Waals surface area (Å²) in [5, 5.41) is 11.3. The number of aromatic nitrogens is 2. The summed E-state index contributed by atoms with van der Waals surface area (Å²) in [6.45, 7) is 6.61. The fraction of sp³-hybridized carbons (Fsp3) is 0.526. The summed E-state index contributed by atoms with van der Waals surface area (Å²) in [4.78, 5) is 16.0. The number of likely N-dealkylation sites (tertiary alicyclic amines) is 1. The van der Waals surface area contributed by atoms with Crippen LogP contribution < -0.4 is 4.74 Å². The number of benzene rings is 1. The van der Waals surface area contributed by atoms with E-state index in [1.165, 1.54) is 6.42 Å². The van der Waals surface area contributed by atoms with Crippen molar-refractivity contribution in [2.45, 2.75) is 44.8 Å². The van der Waals surface area contributed by atoms with Crippen LogP contribution in [-0.2, 0) is 4.79 Å². The van der Waals surface area contributed by atoms with Crippen LogP contribution in [0.25, 0.3) is 11.4 Å². The normalized spacial score (nSPS) is 17.6. The lowest BCUT2D eigenvalue weighted by atomic mass is 9.97.